The summed E-state index contributed by atoms with van der Waals surface area (Å²) in [6, 6.07) is 13.8. The molecule has 5 aromatic rings. The average Bonchev–Trinajstić information content (AvgIpc) is 3.22. The standard InChI is InChI=1S/C20H15BrN6/c1-12-13(2)27(16-9-5-6-10-22-16)19-17(12)20-24-18(25-26(20)11-23-19)14-7-3-4-8-15(14)21/h3-11H,1-2H3. The predicted molar refractivity (Wildman–Crippen MR) is 108 cm³/mol. The van der Waals surface area contributed by atoms with Gasteiger partial charge in [-0.3, -0.25) is 4.57 Å². The van der Waals surface area contributed by atoms with E-state index in [1.807, 2.05) is 42.5 Å². The molecule has 6 nitrogen and oxygen atoms in total. The molecule has 1 aromatic carbocycles. The molecule has 0 radical (unpaired) electrons. The van der Waals surface area contributed by atoms with E-state index in [-0.39, 0.29) is 0 Å². The summed E-state index contributed by atoms with van der Waals surface area (Å²) in [6.07, 6.45) is 3.50. The molecule has 0 saturated heterocycles. The van der Waals surface area contributed by atoms with Crippen LogP contribution in [0.3, 0.4) is 0 Å². The van der Waals surface area contributed by atoms with Gasteiger partial charge in [-0.1, -0.05) is 34.1 Å². The van der Waals surface area contributed by atoms with E-state index in [1.165, 1.54) is 0 Å². The van der Waals surface area contributed by atoms with Crippen LogP contribution in [-0.4, -0.2) is 29.1 Å². The maximum Gasteiger partial charge on any atom is 0.183 e. The molecule has 132 valence electrons. The molecule has 5 rings (SSSR count). The third-order valence-electron chi connectivity index (χ3n) is 4.83. The van der Waals surface area contributed by atoms with Crippen LogP contribution in [0.15, 0.2) is 59.5 Å². The van der Waals surface area contributed by atoms with Crippen molar-refractivity contribution in [1.29, 1.82) is 0 Å². The van der Waals surface area contributed by atoms with Gasteiger partial charge in [0.1, 0.15) is 12.1 Å². The van der Waals surface area contributed by atoms with Gasteiger partial charge in [-0.15, -0.1) is 5.10 Å². The summed E-state index contributed by atoms with van der Waals surface area (Å²) >= 11 is 3.58. The monoisotopic (exact) mass is 418 g/mol. The van der Waals surface area contributed by atoms with Gasteiger partial charge in [-0.05, 0) is 43.7 Å². The van der Waals surface area contributed by atoms with Crippen LogP contribution >= 0.6 is 15.9 Å². The Kier molecular flexibility index (Phi) is 3.58. The molecule has 27 heavy (non-hydrogen) atoms. The Morgan fingerprint density at radius 2 is 1.74 bits per heavy atom. The summed E-state index contributed by atoms with van der Waals surface area (Å²) in [5.74, 6) is 1.51. The smallest absolute Gasteiger partial charge is 0.183 e. The van der Waals surface area contributed by atoms with Gasteiger partial charge in [0.15, 0.2) is 17.1 Å². The van der Waals surface area contributed by atoms with E-state index >= 15 is 0 Å². The maximum atomic E-state index is 4.83. The van der Waals surface area contributed by atoms with Crippen molar-refractivity contribution in [2.75, 3.05) is 0 Å². The van der Waals surface area contributed by atoms with E-state index in [4.69, 9.17) is 4.98 Å². The van der Waals surface area contributed by atoms with Crippen LogP contribution < -0.4 is 0 Å². The second-order valence-electron chi connectivity index (χ2n) is 6.36. The zero-order valence-electron chi connectivity index (χ0n) is 14.8. The summed E-state index contributed by atoms with van der Waals surface area (Å²) in [6.45, 7) is 4.17. The quantitative estimate of drug-likeness (QED) is 0.423. The number of aryl methyl sites for hydroxylation is 1. The van der Waals surface area contributed by atoms with Gasteiger partial charge in [0.2, 0.25) is 0 Å². The normalized spacial score (nSPS) is 11.5. The minimum absolute atomic E-state index is 0.666. The Balaban J connectivity index is 1.83. The van der Waals surface area contributed by atoms with Crippen molar-refractivity contribution < 1.29 is 0 Å². The van der Waals surface area contributed by atoms with Crippen LogP contribution in [0.25, 0.3) is 33.9 Å². The topological polar surface area (TPSA) is 60.9 Å². The van der Waals surface area contributed by atoms with Crippen molar-refractivity contribution in [2.24, 2.45) is 0 Å². The Morgan fingerprint density at radius 3 is 2.52 bits per heavy atom. The molecule has 0 bridgehead atoms. The molecule has 0 amide bonds. The van der Waals surface area contributed by atoms with Crippen LogP contribution in [0.1, 0.15) is 11.3 Å². The molecule has 0 aliphatic rings. The van der Waals surface area contributed by atoms with Crippen LogP contribution in [-0.2, 0) is 0 Å². The highest BCUT2D eigenvalue weighted by Gasteiger charge is 2.20. The lowest BCUT2D eigenvalue weighted by Crippen LogP contribution is -2.01. The fourth-order valence-corrected chi connectivity index (χ4v) is 3.85. The van der Waals surface area contributed by atoms with Crippen molar-refractivity contribution in [1.82, 2.24) is 29.1 Å². The SMILES string of the molecule is Cc1c(C)n(-c2ccccn2)c2ncn3nc(-c4ccccc4Br)nc3c12. The molecule has 0 fully saturated rings. The molecule has 0 aliphatic carbocycles. The lowest BCUT2D eigenvalue weighted by atomic mass is 10.2. The van der Waals surface area contributed by atoms with E-state index in [0.717, 1.165) is 43.8 Å². The minimum atomic E-state index is 0.666. The van der Waals surface area contributed by atoms with E-state index in [0.29, 0.717) is 5.82 Å². The lowest BCUT2D eigenvalue weighted by Gasteiger charge is -2.05. The van der Waals surface area contributed by atoms with Gasteiger partial charge in [0, 0.05) is 21.9 Å². The zero-order valence-corrected chi connectivity index (χ0v) is 16.3. The van der Waals surface area contributed by atoms with Gasteiger partial charge in [-0.25, -0.2) is 19.5 Å². The number of hydrogen-bond donors (Lipinski definition) is 0. The number of hydrogen-bond acceptors (Lipinski definition) is 4. The first-order chi connectivity index (χ1) is 13.1. The molecule has 4 heterocycles. The van der Waals surface area contributed by atoms with Gasteiger partial charge in [-0.2, -0.15) is 0 Å². The number of rotatable bonds is 2. The third kappa shape index (κ3) is 2.39. The highest BCUT2D eigenvalue weighted by atomic mass is 79.9. The number of benzene rings is 1. The van der Waals surface area contributed by atoms with E-state index in [2.05, 4.69) is 49.4 Å². The fourth-order valence-electron chi connectivity index (χ4n) is 3.38. The van der Waals surface area contributed by atoms with Crippen LogP contribution in [0, 0.1) is 13.8 Å². The first-order valence-corrected chi connectivity index (χ1v) is 9.34. The Hall–Kier alpha value is -3.06. The second-order valence-corrected chi connectivity index (χ2v) is 7.21. The molecular weight excluding hydrogens is 404 g/mol. The Labute approximate surface area is 163 Å². The van der Waals surface area contributed by atoms with E-state index < -0.39 is 0 Å². The first kappa shape index (κ1) is 16.1. The molecule has 4 aromatic heterocycles. The molecule has 0 aliphatic heterocycles. The highest BCUT2D eigenvalue weighted by Crippen LogP contribution is 2.31. The summed E-state index contributed by atoms with van der Waals surface area (Å²) in [5.41, 5.74) is 4.80. The molecule has 0 unspecified atom stereocenters. The third-order valence-corrected chi connectivity index (χ3v) is 5.52. The van der Waals surface area contributed by atoms with Crippen LogP contribution in [0.4, 0.5) is 0 Å². The number of pyridine rings is 1. The number of aromatic nitrogens is 6. The fraction of sp³-hybridized carbons (Fsp3) is 0.100. The van der Waals surface area contributed by atoms with E-state index in [1.54, 1.807) is 17.0 Å². The molecule has 0 atom stereocenters. The number of nitrogens with zero attached hydrogens (tertiary/aromatic N) is 6. The summed E-state index contributed by atoms with van der Waals surface area (Å²) in [5, 5.41) is 5.63. The largest absolute Gasteiger partial charge is 0.282 e. The predicted octanol–water partition coefficient (Wildman–Crippen LogP) is 4.51. The summed E-state index contributed by atoms with van der Waals surface area (Å²) < 4.78 is 4.77. The number of halogens is 1. The molecule has 0 N–H and O–H groups in total. The molecule has 7 heteroatoms. The Bertz CT molecular complexity index is 1300. The van der Waals surface area contributed by atoms with Crippen LogP contribution in [0.5, 0.6) is 0 Å². The van der Waals surface area contributed by atoms with Crippen molar-refractivity contribution in [3.63, 3.8) is 0 Å². The number of fused-ring (bicyclic) bond motifs is 3. The van der Waals surface area contributed by atoms with Crippen LogP contribution in [0.2, 0.25) is 0 Å². The first-order valence-electron chi connectivity index (χ1n) is 8.54. The summed E-state index contributed by atoms with van der Waals surface area (Å²) in [4.78, 5) is 14.0. The average molecular weight is 419 g/mol. The highest BCUT2D eigenvalue weighted by molar-refractivity contribution is 9.10. The zero-order chi connectivity index (χ0) is 18.5. The van der Waals surface area contributed by atoms with Gasteiger partial charge in [0.25, 0.3) is 0 Å². The molecule has 0 spiro atoms. The molecule has 0 saturated carbocycles. The Morgan fingerprint density at radius 1 is 0.926 bits per heavy atom. The van der Waals surface area contributed by atoms with Crippen molar-refractivity contribution in [3.8, 4) is 17.2 Å². The molecular formula is C20H15BrN6. The second kappa shape index (κ2) is 5.99. The minimum Gasteiger partial charge on any atom is -0.282 e. The van der Waals surface area contributed by atoms with Crippen molar-refractivity contribution in [2.45, 2.75) is 13.8 Å². The summed E-state index contributed by atoms with van der Waals surface area (Å²) in [7, 11) is 0. The van der Waals surface area contributed by atoms with Crippen molar-refractivity contribution in [3.05, 3.63) is 70.7 Å². The van der Waals surface area contributed by atoms with Gasteiger partial charge >= 0.3 is 0 Å². The maximum absolute atomic E-state index is 4.83. The van der Waals surface area contributed by atoms with E-state index in [9.17, 15) is 0 Å². The lowest BCUT2D eigenvalue weighted by molar-refractivity contribution is 0.919. The van der Waals surface area contributed by atoms with Gasteiger partial charge in [0.05, 0.1) is 5.39 Å². The van der Waals surface area contributed by atoms with Gasteiger partial charge < -0.3 is 0 Å². The van der Waals surface area contributed by atoms with Crippen molar-refractivity contribution >= 4 is 32.6 Å².